The first-order valence-electron chi connectivity index (χ1n) is 11.4. The van der Waals surface area contributed by atoms with Crippen molar-refractivity contribution in [2.24, 2.45) is 18.0 Å². The number of aryl methyl sites for hydroxylation is 1. The number of methoxy groups -OCH3 is 1. The van der Waals surface area contributed by atoms with Crippen LogP contribution in [0.3, 0.4) is 0 Å². The molecule has 1 aromatic carbocycles. The molecule has 1 atom stereocenters. The molecular weight excluding hydrogens is 406 g/mol. The van der Waals surface area contributed by atoms with Crippen LogP contribution in [0.15, 0.2) is 29.3 Å². The molecule has 1 unspecified atom stereocenters. The van der Waals surface area contributed by atoms with Crippen molar-refractivity contribution in [1.29, 1.82) is 0 Å². The van der Waals surface area contributed by atoms with Gasteiger partial charge in [-0.3, -0.25) is 4.90 Å². The summed E-state index contributed by atoms with van der Waals surface area (Å²) in [5.41, 5.74) is 1.16. The molecule has 0 amide bonds. The zero-order chi connectivity index (χ0) is 22.3. The molecule has 0 saturated carbocycles. The standard InChI is InChI=1S/C23H35N7O2/c1-18-26-27-22(28(18)2)15-25-23(24-14-19-4-6-21(31-3)7-5-19)30-9-8-20(17-30)16-29-10-12-32-13-11-29/h4-7,20H,8-17H2,1-3H3,(H,24,25). The lowest BCUT2D eigenvalue weighted by molar-refractivity contribution is 0.0315. The monoisotopic (exact) mass is 441 g/mol. The van der Waals surface area contributed by atoms with Gasteiger partial charge in [0.2, 0.25) is 0 Å². The number of nitrogens with one attached hydrogen (secondary N) is 1. The summed E-state index contributed by atoms with van der Waals surface area (Å²) in [6.07, 6.45) is 1.18. The number of hydrogen-bond donors (Lipinski definition) is 1. The van der Waals surface area contributed by atoms with Gasteiger partial charge in [0.05, 0.1) is 33.4 Å². The molecule has 174 valence electrons. The number of aliphatic imine (C=N–C) groups is 1. The molecular formula is C23H35N7O2. The minimum absolute atomic E-state index is 0.601. The number of aromatic nitrogens is 3. The smallest absolute Gasteiger partial charge is 0.194 e. The van der Waals surface area contributed by atoms with Crippen molar-refractivity contribution in [3.63, 3.8) is 0 Å². The summed E-state index contributed by atoms with van der Waals surface area (Å²) in [7, 11) is 3.68. The summed E-state index contributed by atoms with van der Waals surface area (Å²) in [5, 5.41) is 12.0. The van der Waals surface area contributed by atoms with Gasteiger partial charge in [0.15, 0.2) is 11.8 Å². The first kappa shape index (κ1) is 22.5. The number of likely N-dealkylation sites (tertiary alicyclic amines) is 1. The van der Waals surface area contributed by atoms with Crippen LogP contribution in [0.25, 0.3) is 0 Å². The van der Waals surface area contributed by atoms with Crippen LogP contribution in [-0.2, 0) is 24.9 Å². The van der Waals surface area contributed by atoms with Crippen molar-refractivity contribution in [3.8, 4) is 5.75 Å². The second-order valence-electron chi connectivity index (χ2n) is 8.58. The van der Waals surface area contributed by atoms with Gasteiger partial charge in [-0.15, -0.1) is 10.2 Å². The number of ether oxygens (including phenoxy) is 2. The van der Waals surface area contributed by atoms with Crippen LogP contribution in [0, 0.1) is 12.8 Å². The Hall–Kier alpha value is -2.65. The van der Waals surface area contributed by atoms with Crippen molar-refractivity contribution >= 4 is 5.96 Å². The van der Waals surface area contributed by atoms with Gasteiger partial charge in [-0.1, -0.05) is 12.1 Å². The van der Waals surface area contributed by atoms with E-state index in [1.165, 1.54) is 6.42 Å². The third kappa shape index (κ3) is 5.77. The maximum Gasteiger partial charge on any atom is 0.194 e. The first-order chi connectivity index (χ1) is 15.6. The number of rotatable bonds is 7. The van der Waals surface area contributed by atoms with Crippen LogP contribution in [0.2, 0.25) is 0 Å². The SMILES string of the molecule is COc1ccc(CN=C(NCc2nnc(C)n2C)N2CCC(CN3CCOCC3)C2)cc1. The fourth-order valence-electron chi connectivity index (χ4n) is 4.25. The molecule has 9 heteroatoms. The third-order valence-corrected chi connectivity index (χ3v) is 6.36. The van der Waals surface area contributed by atoms with Crippen LogP contribution in [-0.4, -0.2) is 83.6 Å². The molecule has 2 fully saturated rings. The first-order valence-corrected chi connectivity index (χ1v) is 11.4. The zero-order valence-corrected chi connectivity index (χ0v) is 19.5. The Balaban J connectivity index is 1.41. The summed E-state index contributed by atoms with van der Waals surface area (Å²) in [6.45, 7) is 10.1. The molecule has 0 aliphatic carbocycles. The summed E-state index contributed by atoms with van der Waals surface area (Å²) < 4.78 is 12.8. The van der Waals surface area contributed by atoms with Gasteiger partial charge in [0, 0.05) is 39.8 Å². The topological polar surface area (TPSA) is 80.0 Å². The second-order valence-corrected chi connectivity index (χ2v) is 8.58. The van der Waals surface area contributed by atoms with Crippen molar-refractivity contribution in [1.82, 2.24) is 29.9 Å². The Bertz CT molecular complexity index is 890. The largest absolute Gasteiger partial charge is 0.497 e. The minimum atomic E-state index is 0.601. The lowest BCUT2D eigenvalue weighted by Crippen LogP contribution is -2.42. The van der Waals surface area contributed by atoms with E-state index >= 15 is 0 Å². The summed E-state index contributed by atoms with van der Waals surface area (Å²) in [5.74, 6) is 4.26. The minimum Gasteiger partial charge on any atom is -0.497 e. The van der Waals surface area contributed by atoms with Gasteiger partial charge in [0.1, 0.15) is 11.6 Å². The highest BCUT2D eigenvalue weighted by atomic mass is 16.5. The number of benzene rings is 1. The van der Waals surface area contributed by atoms with E-state index in [-0.39, 0.29) is 0 Å². The molecule has 4 rings (SSSR count). The average Bonchev–Trinajstić information content (AvgIpc) is 3.41. The quantitative estimate of drug-likeness (QED) is 0.514. The number of hydrogen-bond acceptors (Lipinski definition) is 6. The Morgan fingerprint density at radius 2 is 1.97 bits per heavy atom. The molecule has 0 spiro atoms. The Morgan fingerprint density at radius 1 is 1.19 bits per heavy atom. The van der Waals surface area contributed by atoms with Crippen LogP contribution in [0.5, 0.6) is 5.75 Å². The van der Waals surface area contributed by atoms with E-state index in [2.05, 4.69) is 37.4 Å². The Kier molecular flexibility index (Phi) is 7.59. The summed E-state index contributed by atoms with van der Waals surface area (Å²) in [6, 6.07) is 8.09. The predicted molar refractivity (Wildman–Crippen MR) is 124 cm³/mol. The van der Waals surface area contributed by atoms with Crippen LogP contribution >= 0.6 is 0 Å². The second kappa shape index (κ2) is 10.8. The Morgan fingerprint density at radius 3 is 2.66 bits per heavy atom. The van der Waals surface area contributed by atoms with Gasteiger partial charge in [-0.05, 0) is 37.0 Å². The molecule has 2 aromatic rings. The van der Waals surface area contributed by atoms with E-state index in [9.17, 15) is 0 Å². The zero-order valence-electron chi connectivity index (χ0n) is 19.5. The predicted octanol–water partition coefficient (Wildman–Crippen LogP) is 1.43. The van der Waals surface area contributed by atoms with Crippen molar-refractivity contribution in [3.05, 3.63) is 41.5 Å². The highest BCUT2D eigenvalue weighted by Crippen LogP contribution is 2.19. The van der Waals surface area contributed by atoms with E-state index in [1.54, 1.807) is 7.11 Å². The molecule has 2 aliphatic heterocycles. The van der Waals surface area contributed by atoms with Gasteiger partial charge in [0.25, 0.3) is 0 Å². The molecule has 9 nitrogen and oxygen atoms in total. The molecule has 3 heterocycles. The highest BCUT2D eigenvalue weighted by molar-refractivity contribution is 5.80. The maximum absolute atomic E-state index is 5.50. The van der Waals surface area contributed by atoms with Crippen molar-refractivity contribution in [2.75, 3.05) is 53.0 Å². The fraction of sp³-hybridized carbons (Fsp3) is 0.609. The molecule has 2 aliphatic rings. The normalized spacial score (nSPS) is 20.0. The van der Waals surface area contributed by atoms with E-state index < -0.39 is 0 Å². The van der Waals surface area contributed by atoms with E-state index in [0.717, 1.165) is 74.9 Å². The van der Waals surface area contributed by atoms with Crippen molar-refractivity contribution in [2.45, 2.75) is 26.4 Å². The van der Waals surface area contributed by atoms with Gasteiger partial charge >= 0.3 is 0 Å². The number of nitrogens with zero attached hydrogens (tertiary/aromatic N) is 6. The summed E-state index contributed by atoms with van der Waals surface area (Å²) in [4.78, 5) is 9.88. The number of guanidine groups is 1. The van der Waals surface area contributed by atoms with Crippen molar-refractivity contribution < 1.29 is 9.47 Å². The molecule has 0 bridgehead atoms. The molecule has 0 radical (unpaired) electrons. The van der Waals surface area contributed by atoms with Gasteiger partial charge in [-0.25, -0.2) is 4.99 Å². The molecule has 2 saturated heterocycles. The van der Waals surface area contributed by atoms with Gasteiger partial charge in [-0.2, -0.15) is 0 Å². The van der Waals surface area contributed by atoms with E-state index in [1.807, 2.05) is 30.7 Å². The third-order valence-electron chi connectivity index (χ3n) is 6.36. The van der Waals surface area contributed by atoms with Crippen LogP contribution < -0.4 is 10.1 Å². The van der Waals surface area contributed by atoms with Crippen LogP contribution in [0.1, 0.15) is 23.6 Å². The molecule has 32 heavy (non-hydrogen) atoms. The number of morpholine rings is 1. The highest BCUT2D eigenvalue weighted by Gasteiger charge is 2.27. The lowest BCUT2D eigenvalue weighted by atomic mass is 10.1. The average molecular weight is 442 g/mol. The molecule has 1 N–H and O–H groups in total. The summed E-state index contributed by atoms with van der Waals surface area (Å²) >= 11 is 0. The molecule has 1 aromatic heterocycles. The Labute approximate surface area is 190 Å². The van der Waals surface area contributed by atoms with Crippen LogP contribution in [0.4, 0.5) is 0 Å². The lowest BCUT2D eigenvalue weighted by Gasteiger charge is -2.29. The van der Waals surface area contributed by atoms with E-state index in [0.29, 0.717) is 19.0 Å². The fourth-order valence-corrected chi connectivity index (χ4v) is 4.25. The van der Waals surface area contributed by atoms with E-state index in [4.69, 9.17) is 14.5 Å². The maximum atomic E-state index is 5.50. The van der Waals surface area contributed by atoms with Gasteiger partial charge < -0.3 is 24.3 Å².